The van der Waals surface area contributed by atoms with Gasteiger partial charge in [0.05, 0.1) is 11.4 Å². The van der Waals surface area contributed by atoms with Crippen molar-refractivity contribution >= 4 is 40.0 Å². The first-order valence-electron chi connectivity index (χ1n) is 9.38. The Bertz CT molecular complexity index is 678. The van der Waals surface area contributed by atoms with Gasteiger partial charge in [-0.15, -0.1) is 24.0 Å². The number of sulfonamides is 1. The average Bonchev–Trinajstić information content (AvgIpc) is 2.60. The summed E-state index contributed by atoms with van der Waals surface area (Å²) in [5, 5.41) is 6.64. The molecule has 1 rings (SSSR count). The predicted molar refractivity (Wildman–Crippen MR) is 124 cm³/mol. The van der Waals surface area contributed by atoms with Crippen molar-refractivity contribution in [2.75, 3.05) is 20.6 Å². The maximum atomic E-state index is 12.5. The zero-order valence-electron chi connectivity index (χ0n) is 17.2. The van der Waals surface area contributed by atoms with Crippen LogP contribution in [0.1, 0.15) is 52.0 Å². The van der Waals surface area contributed by atoms with E-state index in [2.05, 4.69) is 29.5 Å². The van der Waals surface area contributed by atoms with Crippen LogP contribution in [-0.4, -0.2) is 45.4 Å². The SMILES string of the molecule is CCCCCC(C)NC(=NCc1ccccc1S(=O)(=O)N(C)C)NCC.I. The lowest BCUT2D eigenvalue weighted by atomic mass is 10.1. The van der Waals surface area contributed by atoms with Crippen LogP contribution < -0.4 is 10.6 Å². The van der Waals surface area contributed by atoms with E-state index in [9.17, 15) is 8.42 Å². The number of unbranched alkanes of at least 4 members (excludes halogenated alkanes) is 2. The summed E-state index contributed by atoms with van der Waals surface area (Å²) >= 11 is 0. The molecular formula is C19H35IN4O2S. The Morgan fingerprint density at radius 2 is 1.85 bits per heavy atom. The quantitative estimate of drug-likeness (QED) is 0.219. The van der Waals surface area contributed by atoms with E-state index in [-0.39, 0.29) is 24.0 Å². The van der Waals surface area contributed by atoms with Crippen LogP contribution in [-0.2, 0) is 16.6 Å². The second kappa shape index (κ2) is 13.3. The van der Waals surface area contributed by atoms with Gasteiger partial charge in [-0.3, -0.25) is 0 Å². The summed E-state index contributed by atoms with van der Waals surface area (Å²) in [6.45, 7) is 7.42. The molecule has 6 nitrogen and oxygen atoms in total. The van der Waals surface area contributed by atoms with E-state index in [1.165, 1.54) is 23.6 Å². The molecule has 0 heterocycles. The smallest absolute Gasteiger partial charge is 0.242 e. The summed E-state index contributed by atoms with van der Waals surface area (Å²) in [5.41, 5.74) is 0.692. The lowest BCUT2D eigenvalue weighted by Gasteiger charge is -2.18. The normalized spacial score (nSPS) is 13.2. The van der Waals surface area contributed by atoms with Gasteiger partial charge in [-0.05, 0) is 31.9 Å². The first-order valence-corrected chi connectivity index (χ1v) is 10.8. The van der Waals surface area contributed by atoms with Crippen LogP contribution in [0.5, 0.6) is 0 Å². The van der Waals surface area contributed by atoms with Gasteiger partial charge >= 0.3 is 0 Å². The third kappa shape index (κ3) is 8.78. The van der Waals surface area contributed by atoms with Crippen LogP contribution in [0.3, 0.4) is 0 Å². The number of halogens is 1. The molecule has 0 bridgehead atoms. The first-order chi connectivity index (χ1) is 12.3. The molecule has 1 unspecified atom stereocenters. The summed E-state index contributed by atoms with van der Waals surface area (Å²) in [4.78, 5) is 4.90. The molecule has 0 saturated heterocycles. The minimum absolute atomic E-state index is 0. The van der Waals surface area contributed by atoms with Gasteiger partial charge in [-0.1, -0.05) is 44.4 Å². The summed E-state index contributed by atoms with van der Waals surface area (Å²) in [5.74, 6) is 0.716. The number of guanidine groups is 1. The van der Waals surface area contributed by atoms with Crippen LogP contribution in [0, 0.1) is 0 Å². The zero-order chi connectivity index (χ0) is 19.6. The van der Waals surface area contributed by atoms with Gasteiger partial charge in [-0.25, -0.2) is 17.7 Å². The molecule has 1 aromatic carbocycles. The summed E-state index contributed by atoms with van der Waals surface area (Å²) in [6, 6.07) is 7.35. The van der Waals surface area contributed by atoms with E-state index in [1.807, 2.05) is 19.1 Å². The van der Waals surface area contributed by atoms with Crippen molar-refractivity contribution in [1.82, 2.24) is 14.9 Å². The molecule has 27 heavy (non-hydrogen) atoms. The highest BCUT2D eigenvalue weighted by atomic mass is 127. The molecule has 0 aliphatic carbocycles. The maximum Gasteiger partial charge on any atom is 0.242 e. The van der Waals surface area contributed by atoms with Gasteiger partial charge in [0, 0.05) is 26.7 Å². The fraction of sp³-hybridized carbons (Fsp3) is 0.632. The van der Waals surface area contributed by atoms with Crippen molar-refractivity contribution in [1.29, 1.82) is 0 Å². The van der Waals surface area contributed by atoms with Crippen molar-refractivity contribution in [3.63, 3.8) is 0 Å². The summed E-state index contributed by atoms with van der Waals surface area (Å²) in [7, 11) is -0.401. The molecule has 0 amide bonds. The van der Waals surface area contributed by atoms with Gasteiger partial charge in [0.25, 0.3) is 0 Å². The minimum atomic E-state index is -3.48. The molecule has 2 N–H and O–H groups in total. The molecule has 0 spiro atoms. The van der Waals surface area contributed by atoms with Gasteiger partial charge in [0.15, 0.2) is 5.96 Å². The van der Waals surface area contributed by atoms with Crippen LogP contribution in [0.4, 0.5) is 0 Å². The average molecular weight is 510 g/mol. The topological polar surface area (TPSA) is 73.8 Å². The standard InChI is InChI=1S/C19H34N4O2S.HI/c1-6-8-9-12-16(3)22-19(20-7-2)21-15-17-13-10-11-14-18(17)26(24,25)23(4)5;/h10-11,13-14,16H,6-9,12,15H2,1-5H3,(H2,20,21,22);1H. The highest BCUT2D eigenvalue weighted by Crippen LogP contribution is 2.19. The van der Waals surface area contributed by atoms with Crippen molar-refractivity contribution in [3.05, 3.63) is 29.8 Å². The zero-order valence-corrected chi connectivity index (χ0v) is 20.3. The second-order valence-electron chi connectivity index (χ2n) is 6.63. The second-order valence-corrected chi connectivity index (χ2v) is 8.75. The molecule has 8 heteroatoms. The Morgan fingerprint density at radius 3 is 2.44 bits per heavy atom. The molecule has 1 atom stereocenters. The molecule has 1 aromatic rings. The number of nitrogens with one attached hydrogen (secondary N) is 2. The molecular weight excluding hydrogens is 475 g/mol. The third-order valence-corrected chi connectivity index (χ3v) is 6.02. The molecule has 0 radical (unpaired) electrons. The van der Waals surface area contributed by atoms with E-state index in [0.29, 0.717) is 29.0 Å². The Balaban J connectivity index is 0.00000676. The first kappa shape index (κ1) is 26.1. The lowest BCUT2D eigenvalue weighted by molar-refractivity contribution is 0.519. The maximum absolute atomic E-state index is 12.5. The van der Waals surface area contributed by atoms with E-state index >= 15 is 0 Å². The van der Waals surface area contributed by atoms with E-state index < -0.39 is 10.0 Å². The monoisotopic (exact) mass is 510 g/mol. The van der Waals surface area contributed by atoms with Crippen LogP contribution >= 0.6 is 24.0 Å². The van der Waals surface area contributed by atoms with E-state index in [4.69, 9.17) is 0 Å². The lowest BCUT2D eigenvalue weighted by Crippen LogP contribution is -2.42. The largest absolute Gasteiger partial charge is 0.357 e. The molecule has 0 fully saturated rings. The predicted octanol–water partition coefficient (Wildman–Crippen LogP) is 3.58. The van der Waals surface area contributed by atoms with Gasteiger partial charge in [0.1, 0.15) is 0 Å². The van der Waals surface area contributed by atoms with Crippen molar-refractivity contribution in [2.24, 2.45) is 4.99 Å². The van der Waals surface area contributed by atoms with Crippen LogP contribution in [0.25, 0.3) is 0 Å². The van der Waals surface area contributed by atoms with Crippen molar-refractivity contribution in [2.45, 2.75) is 63.9 Å². The minimum Gasteiger partial charge on any atom is -0.357 e. The Kier molecular flexibility index (Phi) is 12.9. The molecule has 0 saturated carbocycles. The van der Waals surface area contributed by atoms with Gasteiger partial charge in [0.2, 0.25) is 10.0 Å². The Labute approximate surface area is 182 Å². The van der Waals surface area contributed by atoms with Crippen LogP contribution in [0.2, 0.25) is 0 Å². The number of nitrogens with zero attached hydrogens (tertiary/aromatic N) is 2. The number of rotatable bonds is 10. The fourth-order valence-corrected chi connectivity index (χ4v) is 3.68. The molecule has 0 aliphatic heterocycles. The number of hydrogen-bond donors (Lipinski definition) is 2. The van der Waals surface area contributed by atoms with Crippen molar-refractivity contribution < 1.29 is 8.42 Å². The van der Waals surface area contributed by atoms with E-state index in [0.717, 1.165) is 13.0 Å². The number of hydrogen-bond acceptors (Lipinski definition) is 3. The molecule has 0 aromatic heterocycles. The number of benzene rings is 1. The highest BCUT2D eigenvalue weighted by molar-refractivity contribution is 14.0. The highest BCUT2D eigenvalue weighted by Gasteiger charge is 2.20. The van der Waals surface area contributed by atoms with Crippen molar-refractivity contribution in [3.8, 4) is 0 Å². The third-order valence-electron chi connectivity index (χ3n) is 4.11. The number of aliphatic imine (C=N–C) groups is 1. The van der Waals surface area contributed by atoms with E-state index in [1.54, 1.807) is 26.2 Å². The van der Waals surface area contributed by atoms with Gasteiger partial charge < -0.3 is 10.6 Å². The summed E-state index contributed by atoms with van der Waals surface area (Å²) in [6.07, 6.45) is 4.71. The Hall–Kier alpha value is -0.870. The van der Waals surface area contributed by atoms with Crippen LogP contribution in [0.15, 0.2) is 34.2 Å². The van der Waals surface area contributed by atoms with Gasteiger partial charge in [-0.2, -0.15) is 0 Å². The summed E-state index contributed by atoms with van der Waals surface area (Å²) < 4.78 is 26.2. The fourth-order valence-electron chi connectivity index (χ4n) is 2.57. The Morgan fingerprint density at radius 1 is 1.19 bits per heavy atom. The molecule has 0 aliphatic rings. The molecule has 156 valence electrons.